The van der Waals surface area contributed by atoms with Crippen molar-refractivity contribution in [3.05, 3.63) is 29.3 Å². The number of nitrogens with one attached hydrogen (secondary N) is 1. The van der Waals surface area contributed by atoms with Gasteiger partial charge in [-0.25, -0.2) is 0 Å². The molecule has 0 bridgehead atoms. The van der Waals surface area contributed by atoms with Crippen LogP contribution in [0.3, 0.4) is 0 Å². The molecule has 0 aliphatic rings. The normalized spacial score (nSPS) is 11.3. The van der Waals surface area contributed by atoms with Crippen LogP contribution in [0.15, 0.2) is 18.2 Å². The molecule has 0 radical (unpaired) electrons. The Hall–Kier alpha value is -1.76. The minimum Gasteiger partial charge on any atom is -0.330 e. The molecule has 0 aliphatic heterocycles. The number of halogens is 3. The van der Waals surface area contributed by atoms with Crippen LogP contribution in [0, 0.1) is 6.92 Å². The molecule has 0 aromatic heterocycles. The summed E-state index contributed by atoms with van der Waals surface area (Å²) in [6.45, 7) is 2.21. The lowest BCUT2D eigenvalue weighted by molar-refractivity contribution is -0.140. The summed E-state index contributed by atoms with van der Waals surface area (Å²) in [4.78, 5) is 13.0. The first-order chi connectivity index (χ1) is 9.28. The number of carbonyl (C=O) groups is 1. The molecular formula is C13H18F3N3O. The third kappa shape index (κ3) is 4.41. The Labute approximate surface area is 115 Å². The van der Waals surface area contributed by atoms with Crippen LogP contribution in [0.25, 0.3) is 0 Å². The van der Waals surface area contributed by atoms with Gasteiger partial charge in [-0.2, -0.15) is 13.2 Å². The highest BCUT2D eigenvalue weighted by Crippen LogP contribution is 2.21. The van der Waals surface area contributed by atoms with E-state index in [-0.39, 0.29) is 12.1 Å². The van der Waals surface area contributed by atoms with Crippen molar-refractivity contribution in [3.63, 3.8) is 0 Å². The van der Waals surface area contributed by atoms with Crippen molar-refractivity contribution in [3.8, 4) is 0 Å². The Morgan fingerprint density at radius 3 is 2.50 bits per heavy atom. The highest BCUT2D eigenvalue weighted by Gasteiger charge is 2.33. The van der Waals surface area contributed by atoms with Crippen molar-refractivity contribution in [2.75, 3.05) is 18.5 Å². The van der Waals surface area contributed by atoms with Gasteiger partial charge in [0.1, 0.15) is 6.54 Å². The van der Waals surface area contributed by atoms with Gasteiger partial charge in [-0.15, -0.1) is 0 Å². The smallest absolute Gasteiger partial charge is 0.330 e. The fourth-order valence-electron chi connectivity index (χ4n) is 1.90. The van der Waals surface area contributed by atoms with Crippen LogP contribution < -0.4 is 11.3 Å². The van der Waals surface area contributed by atoms with E-state index < -0.39 is 18.6 Å². The average molecular weight is 289 g/mol. The Kier molecular flexibility index (Phi) is 5.38. The molecule has 1 aromatic rings. The molecular weight excluding hydrogens is 271 g/mol. The molecule has 112 valence electrons. The van der Waals surface area contributed by atoms with E-state index in [1.807, 2.05) is 0 Å². The first kappa shape index (κ1) is 16.3. The quantitative estimate of drug-likeness (QED) is 0.647. The molecule has 0 saturated carbocycles. The van der Waals surface area contributed by atoms with Crippen LogP contribution in [0.5, 0.6) is 0 Å². The first-order valence-electron chi connectivity index (χ1n) is 6.21. The number of hydrogen-bond donors (Lipinski definition) is 2. The van der Waals surface area contributed by atoms with E-state index in [0.717, 1.165) is 4.90 Å². The molecule has 0 atom stereocenters. The second-order valence-electron chi connectivity index (χ2n) is 4.52. The zero-order chi connectivity index (χ0) is 15.3. The van der Waals surface area contributed by atoms with Gasteiger partial charge < -0.3 is 10.3 Å². The molecule has 7 heteroatoms. The molecule has 1 amide bonds. The molecule has 1 aromatic carbocycles. The number of nitrogens with two attached hydrogens (primary N) is 1. The number of nitrogens with zero attached hydrogens (tertiary/aromatic N) is 1. The molecule has 20 heavy (non-hydrogen) atoms. The van der Waals surface area contributed by atoms with Gasteiger partial charge in [-0.05, 0) is 37.1 Å². The van der Waals surface area contributed by atoms with Crippen molar-refractivity contribution in [2.45, 2.75) is 26.4 Å². The van der Waals surface area contributed by atoms with E-state index in [1.165, 1.54) is 6.07 Å². The molecule has 3 N–H and O–H groups in total. The molecule has 4 nitrogen and oxygen atoms in total. The van der Waals surface area contributed by atoms with Gasteiger partial charge in [0.25, 0.3) is 5.91 Å². The van der Waals surface area contributed by atoms with Crippen molar-refractivity contribution in [1.29, 1.82) is 0 Å². The summed E-state index contributed by atoms with van der Waals surface area (Å²) < 4.78 is 37.5. The monoisotopic (exact) mass is 289 g/mol. The van der Waals surface area contributed by atoms with Crippen molar-refractivity contribution in [2.24, 2.45) is 5.84 Å². The number of benzene rings is 1. The van der Waals surface area contributed by atoms with E-state index >= 15 is 0 Å². The lowest BCUT2D eigenvalue weighted by Crippen LogP contribution is -2.39. The molecule has 0 fully saturated rings. The third-order valence-corrected chi connectivity index (χ3v) is 2.77. The maximum Gasteiger partial charge on any atom is 0.406 e. The van der Waals surface area contributed by atoms with Gasteiger partial charge >= 0.3 is 6.18 Å². The Morgan fingerprint density at radius 1 is 1.40 bits per heavy atom. The Bertz CT molecular complexity index is 474. The van der Waals surface area contributed by atoms with Gasteiger partial charge in [0.05, 0.1) is 0 Å². The number of carbonyl (C=O) groups excluding carboxylic acids is 1. The standard InChI is InChI=1S/C13H18F3N3O/c1-3-6-19(8-13(14,15)16)12(20)11-5-4-10(18-17)7-9(11)2/h4-5,7,18H,3,6,8,17H2,1-2H3. The molecule has 0 spiro atoms. The van der Waals surface area contributed by atoms with Gasteiger partial charge in [-0.3, -0.25) is 10.6 Å². The first-order valence-corrected chi connectivity index (χ1v) is 6.21. The summed E-state index contributed by atoms with van der Waals surface area (Å²) in [5.74, 6) is 4.62. The van der Waals surface area contributed by atoms with Crippen LogP contribution >= 0.6 is 0 Å². The van der Waals surface area contributed by atoms with Gasteiger partial charge in [0.2, 0.25) is 0 Å². The third-order valence-electron chi connectivity index (χ3n) is 2.77. The van der Waals surface area contributed by atoms with Crippen LogP contribution in [-0.2, 0) is 0 Å². The number of rotatable bonds is 5. The second kappa shape index (κ2) is 6.60. The van der Waals surface area contributed by atoms with Crippen molar-refractivity contribution in [1.82, 2.24) is 4.90 Å². The van der Waals surface area contributed by atoms with Gasteiger partial charge in [0, 0.05) is 17.8 Å². The van der Waals surface area contributed by atoms with Gasteiger partial charge in [0.15, 0.2) is 0 Å². The lowest BCUT2D eigenvalue weighted by Gasteiger charge is -2.24. The van der Waals surface area contributed by atoms with Crippen LogP contribution in [-0.4, -0.2) is 30.1 Å². The lowest BCUT2D eigenvalue weighted by atomic mass is 10.1. The predicted molar refractivity (Wildman–Crippen MR) is 71.2 cm³/mol. The summed E-state index contributed by atoms with van der Waals surface area (Å²) in [5, 5.41) is 0. The van der Waals surface area contributed by atoms with Crippen LogP contribution in [0.1, 0.15) is 29.3 Å². The molecule has 0 heterocycles. The summed E-state index contributed by atoms with van der Waals surface area (Å²) in [7, 11) is 0. The highest BCUT2D eigenvalue weighted by molar-refractivity contribution is 5.96. The van der Waals surface area contributed by atoms with E-state index in [4.69, 9.17) is 5.84 Å². The van der Waals surface area contributed by atoms with Crippen molar-refractivity contribution >= 4 is 11.6 Å². The van der Waals surface area contributed by atoms with Crippen LogP contribution in [0.4, 0.5) is 18.9 Å². The van der Waals surface area contributed by atoms with Gasteiger partial charge in [-0.1, -0.05) is 6.92 Å². The minimum atomic E-state index is -4.41. The zero-order valence-electron chi connectivity index (χ0n) is 11.4. The highest BCUT2D eigenvalue weighted by atomic mass is 19.4. The van der Waals surface area contributed by atoms with E-state index in [0.29, 0.717) is 17.7 Å². The van der Waals surface area contributed by atoms with Crippen LogP contribution in [0.2, 0.25) is 0 Å². The Balaban J connectivity index is 3.00. The molecule has 0 saturated heterocycles. The number of alkyl halides is 3. The topological polar surface area (TPSA) is 58.4 Å². The molecule has 0 aliphatic carbocycles. The molecule has 1 rings (SSSR count). The number of nitrogen functional groups attached to an aromatic ring is 1. The minimum absolute atomic E-state index is 0.0642. The number of amides is 1. The zero-order valence-corrected chi connectivity index (χ0v) is 11.4. The summed E-state index contributed by atoms with van der Waals surface area (Å²) >= 11 is 0. The number of hydrogen-bond acceptors (Lipinski definition) is 3. The maximum atomic E-state index is 12.5. The predicted octanol–water partition coefficient (Wildman–Crippen LogP) is 2.70. The number of hydrazine groups is 1. The SMILES string of the molecule is CCCN(CC(F)(F)F)C(=O)c1ccc(NN)cc1C. The van der Waals surface area contributed by atoms with Crippen molar-refractivity contribution < 1.29 is 18.0 Å². The van der Waals surface area contributed by atoms with E-state index in [2.05, 4.69) is 5.43 Å². The summed E-state index contributed by atoms with van der Waals surface area (Å²) in [5.41, 5.74) is 3.85. The van der Waals surface area contributed by atoms with E-state index in [1.54, 1.807) is 26.0 Å². The summed E-state index contributed by atoms with van der Waals surface area (Å²) in [6.07, 6.45) is -3.94. The molecule has 0 unspecified atom stereocenters. The maximum absolute atomic E-state index is 12.5. The fraction of sp³-hybridized carbons (Fsp3) is 0.462. The second-order valence-corrected chi connectivity index (χ2v) is 4.52. The summed E-state index contributed by atoms with van der Waals surface area (Å²) in [6, 6.07) is 4.65. The largest absolute Gasteiger partial charge is 0.406 e. The van der Waals surface area contributed by atoms with E-state index in [9.17, 15) is 18.0 Å². The number of anilines is 1. The average Bonchev–Trinajstić information content (AvgIpc) is 2.35. The Morgan fingerprint density at radius 2 is 2.05 bits per heavy atom. The fourth-order valence-corrected chi connectivity index (χ4v) is 1.90. The number of aryl methyl sites for hydroxylation is 1.